The summed E-state index contributed by atoms with van der Waals surface area (Å²) in [6.45, 7) is 7.41. The van der Waals surface area contributed by atoms with Crippen LogP contribution in [0.5, 0.6) is 0 Å². The number of aryl methyl sites for hydroxylation is 1. The van der Waals surface area contributed by atoms with Crippen LogP contribution in [0, 0.1) is 5.92 Å². The lowest BCUT2D eigenvalue weighted by Crippen LogP contribution is -2.45. The Labute approximate surface area is 108 Å². The molecule has 1 aliphatic rings. The van der Waals surface area contributed by atoms with Gasteiger partial charge in [-0.2, -0.15) is 0 Å². The van der Waals surface area contributed by atoms with Crippen molar-refractivity contribution >= 4 is 11.3 Å². The van der Waals surface area contributed by atoms with Crippen molar-refractivity contribution in [2.75, 3.05) is 13.1 Å². The molecule has 0 amide bonds. The van der Waals surface area contributed by atoms with E-state index in [1.807, 2.05) is 0 Å². The first-order valence-electron chi connectivity index (χ1n) is 6.60. The zero-order chi connectivity index (χ0) is 12.3. The molecule has 96 valence electrons. The summed E-state index contributed by atoms with van der Waals surface area (Å²) >= 11 is 1.78. The average Bonchev–Trinajstić information content (AvgIpc) is 2.79. The molecule has 2 atom stereocenters. The summed E-state index contributed by atoms with van der Waals surface area (Å²) in [4.78, 5) is 7.16. The van der Waals surface area contributed by atoms with E-state index in [0.717, 1.165) is 25.4 Å². The first-order chi connectivity index (χ1) is 8.22. The average molecular weight is 253 g/mol. The van der Waals surface area contributed by atoms with Crippen LogP contribution >= 0.6 is 11.3 Å². The van der Waals surface area contributed by atoms with Crippen LogP contribution < -0.4 is 5.73 Å². The van der Waals surface area contributed by atoms with E-state index in [9.17, 15) is 0 Å². The van der Waals surface area contributed by atoms with E-state index in [2.05, 4.69) is 29.1 Å². The molecular weight excluding hydrogens is 230 g/mol. The Morgan fingerprint density at radius 2 is 2.41 bits per heavy atom. The van der Waals surface area contributed by atoms with Crippen molar-refractivity contribution < 1.29 is 0 Å². The molecule has 3 nitrogen and oxygen atoms in total. The number of aromatic nitrogens is 1. The summed E-state index contributed by atoms with van der Waals surface area (Å²) in [6, 6.07) is 0.547. The van der Waals surface area contributed by atoms with Crippen LogP contribution in [0.3, 0.4) is 0 Å². The van der Waals surface area contributed by atoms with Crippen molar-refractivity contribution in [3.05, 3.63) is 16.1 Å². The molecular formula is C13H23N3S. The fraction of sp³-hybridized carbons (Fsp3) is 0.769. The minimum absolute atomic E-state index is 0.547. The first kappa shape index (κ1) is 13.0. The molecule has 0 aromatic carbocycles. The monoisotopic (exact) mass is 253 g/mol. The van der Waals surface area contributed by atoms with Crippen LogP contribution in [0.2, 0.25) is 0 Å². The number of likely N-dealkylation sites (tertiary alicyclic amines) is 1. The Kier molecular flexibility index (Phi) is 4.54. The lowest BCUT2D eigenvalue weighted by atomic mass is 9.92. The highest BCUT2D eigenvalue weighted by molar-refractivity contribution is 7.09. The number of hydrogen-bond acceptors (Lipinski definition) is 4. The van der Waals surface area contributed by atoms with Crippen LogP contribution in [-0.4, -0.2) is 29.0 Å². The molecule has 1 aromatic heterocycles. The predicted octanol–water partition coefficient (Wildman–Crippen LogP) is 2.26. The van der Waals surface area contributed by atoms with Gasteiger partial charge in [-0.3, -0.25) is 4.90 Å². The molecule has 1 saturated heterocycles. The van der Waals surface area contributed by atoms with Gasteiger partial charge in [-0.25, -0.2) is 4.98 Å². The smallest absolute Gasteiger partial charge is 0.0926 e. The summed E-state index contributed by atoms with van der Waals surface area (Å²) in [5, 5.41) is 3.44. The van der Waals surface area contributed by atoms with Crippen LogP contribution in [0.4, 0.5) is 0 Å². The van der Waals surface area contributed by atoms with Crippen molar-refractivity contribution in [3.8, 4) is 0 Å². The molecule has 1 aromatic rings. The molecule has 0 bridgehead atoms. The molecule has 1 fully saturated rings. The number of thiazole rings is 1. The Hall–Kier alpha value is -0.450. The van der Waals surface area contributed by atoms with E-state index in [0.29, 0.717) is 6.04 Å². The molecule has 0 aliphatic carbocycles. The van der Waals surface area contributed by atoms with E-state index in [4.69, 9.17) is 5.73 Å². The zero-order valence-electron chi connectivity index (χ0n) is 10.9. The molecule has 2 rings (SSSR count). The van der Waals surface area contributed by atoms with Crippen molar-refractivity contribution in [3.63, 3.8) is 0 Å². The second-order valence-corrected chi connectivity index (χ2v) is 6.02. The fourth-order valence-electron chi connectivity index (χ4n) is 2.55. The minimum Gasteiger partial charge on any atom is -0.329 e. The maximum atomic E-state index is 5.88. The SMILES string of the molecule is CCc1nc(CN2CCC(C)CC2CN)cs1. The topological polar surface area (TPSA) is 42.2 Å². The van der Waals surface area contributed by atoms with Gasteiger partial charge in [-0.15, -0.1) is 11.3 Å². The Morgan fingerprint density at radius 3 is 3.06 bits per heavy atom. The third-order valence-corrected chi connectivity index (χ3v) is 4.68. The normalized spacial score (nSPS) is 26.3. The fourth-order valence-corrected chi connectivity index (χ4v) is 3.28. The van der Waals surface area contributed by atoms with Gasteiger partial charge in [0.1, 0.15) is 0 Å². The summed E-state index contributed by atoms with van der Waals surface area (Å²) in [6.07, 6.45) is 3.57. The molecule has 4 heteroatoms. The second kappa shape index (κ2) is 5.94. The molecule has 0 radical (unpaired) electrons. The number of nitrogens with two attached hydrogens (primary N) is 1. The Morgan fingerprint density at radius 1 is 1.59 bits per heavy atom. The molecule has 0 spiro atoms. The third kappa shape index (κ3) is 3.27. The van der Waals surface area contributed by atoms with Gasteiger partial charge in [0, 0.05) is 24.5 Å². The molecule has 2 unspecified atom stereocenters. The molecule has 2 N–H and O–H groups in total. The lowest BCUT2D eigenvalue weighted by Gasteiger charge is -2.37. The first-order valence-corrected chi connectivity index (χ1v) is 7.48. The van der Waals surface area contributed by atoms with Gasteiger partial charge in [0.05, 0.1) is 10.7 Å². The lowest BCUT2D eigenvalue weighted by molar-refractivity contribution is 0.114. The van der Waals surface area contributed by atoms with E-state index in [1.165, 1.54) is 30.1 Å². The summed E-state index contributed by atoms with van der Waals surface area (Å²) in [7, 11) is 0. The third-order valence-electron chi connectivity index (χ3n) is 3.64. The van der Waals surface area contributed by atoms with Crippen LogP contribution in [0.1, 0.15) is 37.4 Å². The summed E-state index contributed by atoms with van der Waals surface area (Å²) < 4.78 is 0. The van der Waals surface area contributed by atoms with Gasteiger partial charge in [0.15, 0.2) is 0 Å². The molecule has 2 heterocycles. The number of piperidine rings is 1. The standard InChI is InChI=1S/C13H23N3S/c1-3-13-15-11(9-17-13)8-16-5-4-10(2)6-12(16)7-14/h9-10,12H,3-8,14H2,1-2H3. The molecule has 1 aliphatic heterocycles. The summed E-state index contributed by atoms with van der Waals surface area (Å²) in [5.41, 5.74) is 7.10. The minimum atomic E-state index is 0.547. The highest BCUT2D eigenvalue weighted by Gasteiger charge is 2.25. The van der Waals surface area contributed by atoms with Crippen LogP contribution in [0.15, 0.2) is 5.38 Å². The summed E-state index contributed by atoms with van der Waals surface area (Å²) in [5.74, 6) is 0.821. The maximum Gasteiger partial charge on any atom is 0.0926 e. The van der Waals surface area contributed by atoms with Crippen molar-refractivity contribution in [2.45, 2.75) is 45.7 Å². The number of hydrogen-bond donors (Lipinski definition) is 1. The maximum absolute atomic E-state index is 5.88. The Balaban J connectivity index is 1.97. The van der Waals surface area contributed by atoms with Gasteiger partial charge in [-0.05, 0) is 31.7 Å². The highest BCUT2D eigenvalue weighted by Crippen LogP contribution is 2.24. The van der Waals surface area contributed by atoms with E-state index >= 15 is 0 Å². The van der Waals surface area contributed by atoms with Crippen molar-refractivity contribution in [1.29, 1.82) is 0 Å². The molecule has 17 heavy (non-hydrogen) atoms. The van der Waals surface area contributed by atoms with E-state index in [1.54, 1.807) is 11.3 Å². The number of rotatable bonds is 4. The van der Waals surface area contributed by atoms with Crippen molar-refractivity contribution in [2.24, 2.45) is 11.7 Å². The van der Waals surface area contributed by atoms with Crippen molar-refractivity contribution in [1.82, 2.24) is 9.88 Å². The molecule has 0 saturated carbocycles. The Bertz CT molecular complexity index is 350. The quantitative estimate of drug-likeness (QED) is 0.895. The van der Waals surface area contributed by atoms with Gasteiger partial charge in [0.25, 0.3) is 0 Å². The zero-order valence-corrected chi connectivity index (χ0v) is 11.7. The van der Waals surface area contributed by atoms with Crippen LogP contribution in [-0.2, 0) is 13.0 Å². The van der Waals surface area contributed by atoms with Gasteiger partial charge < -0.3 is 5.73 Å². The van der Waals surface area contributed by atoms with Gasteiger partial charge >= 0.3 is 0 Å². The van der Waals surface area contributed by atoms with E-state index in [-0.39, 0.29) is 0 Å². The second-order valence-electron chi connectivity index (χ2n) is 5.08. The predicted molar refractivity (Wildman–Crippen MR) is 73.1 cm³/mol. The highest BCUT2D eigenvalue weighted by atomic mass is 32.1. The van der Waals surface area contributed by atoms with E-state index < -0.39 is 0 Å². The van der Waals surface area contributed by atoms with Gasteiger partial charge in [-0.1, -0.05) is 13.8 Å². The largest absolute Gasteiger partial charge is 0.329 e. The van der Waals surface area contributed by atoms with Gasteiger partial charge in [0.2, 0.25) is 0 Å². The number of nitrogens with zero attached hydrogens (tertiary/aromatic N) is 2. The van der Waals surface area contributed by atoms with Crippen LogP contribution in [0.25, 0.3) is 0 Å².